The van der Waals surface area contributed by atoms with Crippen molar-refractivity contribution in [1.29, 1.82) is 0 Å². The number of alkyl halides is 1. The van der Waals surface area contributed by atoms with Crippen molar-refractivity contribution in [3.05, 3.63) is 28.3 Å². The fraction of sp³-hybridized carbons (Fsp3) is 0.538. The zero-order valence-corrected chi connectivity index (χ0v) is 10.7. The zero-order chi connectivity index (χ0) is 11.4. The molecule has 0 spiro atoms. The third-order valence-electron chi connectivity index (χ3n) is 2.88. The summed E-state index contributed by atoms with van der Waals surface area (Å²) in [6.45, 7) is 6.37. The number of benzene rings is 1. The molecule has 0 fully saturated rings. The van der Waals surface area contributed by atoms with Crippen molar-refractivity contribution in [1.82, 2.24) is 0 Å². The van der Waals surface area contributed by atoms with Crippen LogP contribution in [0.5, 0.6) is 5.75 Å². The van der Waals surface area contributed by atoms with E-state index in [0.29, 0.717) is 5.88 Å². The standard InChI is InChI=1S/C13H19ClO/c1-9-8-10(2)12(6-5-7-14)13(15-4)11(9)3/h8H,5-7H2,1-4H3. The lowest BCUT2D eigenvalue weighted by atomic mass is 9.96. The van der Waals surface area contributed by atoms with Gasteiger partial charge in [-0.05, 0) is 55.9 Å². The number of methoxy groups -OCH3 is 1. The van der Waals surface area contributed by atoms with E-state index >= 15 is 0 Å². The van der Waals surface area contributed by atoms with Crippen LogP contribution in [0.3, 0.4) is 0 Å². The first-order chi connectivity index (χ1) is 7.11. The van der Waals surface area contributed by atoms with Gasteiger partial charge >= 0.3 is 0 Å². The maximum absolute atomic E-state index is 5.73. The predicted octanol–water partition coefficient (Wildman–Crippen LogP) is 3.79. The minimum absolute atomic E-state index is 0.704. The van der Waals surface area contributed by atoms with Crippen LogP contribution >= 0.6 is 11.6 Å². The molecule has 2 heteroatoms. The summed E-state index contributed by atoms with van der Waals surface area (Å²) in [5, 5.41) is 0. The molecule has 1 aromatic rings. The van der Waals surface area contributed by atoms with E-state index in [2.05, 4.69) is 26.8 Å². The fourth-order valence-electron chi connectivity index (χ4n) is 1.94. The molecule has 0 radical (unpaired) electrons. The van der Waals surface area contributed by atoms with E-state index in [1.807, 2.05) is 0 Å². The van der Waals surface area contributed by atoms with Gasteiger partial charge in [0, 0.05) is 5.88 Å². The fourth-order valence-corrected chi connectivity index (χ4v) is 2.07. The summed E-state index contributed by atoms with van der Waals surface area (Å²) >= 11 is 5.73. The number of aryl methyl sites for hydroxylation is 2. The molecule has 0 saturated carbocycles. The van der Waals surface area contributed by atoms with Gasteiger partial charge in [0.25, 0.3) is 0 Å². The molecule has 0 unspecified atom stereocenters. The van der Waals surface area contributed by atoms with Crippen LogP contribution < -0.4 is 4.74 Å². The summed E-state index contributed by atoms with van der Waals surface area (Å²) in [7, 11) is 1.74. The van der Waals surface area contributed by atoms with Crippen molar-refractivity contribution in [2.75, 3.05) is 13.0 Å². The number of ether oxygens (including phenoxy) is 1. The van der Waals surface area contributed by atoms with E-state index in [4.69, 9.17) is 16.3 Å². The summed E-state index contributed by atoms with van der Waals surface area (Å²) in [6, 6.07) is 2.22. The molecule has 0 saturated heterocycles. The van der Waals surface area contributed by atoms with Crippen LogP contribution in [-0.2, 0) is 6.42 Å². The second-order valence-electron chi connectivity index (χ2n) is 3.94. The summed E-state index contributed by atoms with van der Waals surface area (Å²) in [5.41, 5.74) is 5.15. The largest absolute Gasteiger partial charge is 0.496 e. The molecule has 0 aliphatic heterocycles. The first kappa shape index (κ1) is 12.4. The number of rotatable bonds is 4. The maximum atomic E-state index is 5.73. The molecule has 84 valence electrons. The Bertz CT molecular complexity index is 345. The van der Waals surface area contributed by atoms with Crippen LogP contribution in [0.2, 0.25) is 0 Å². The summed E-state index contributed by atoms with van der Waals surface area (Å²) < 4.78 is 5.49. The molecule has 0 aliphatic rings. The molecule has 0 amide bonds. The summed E-state index contributed by atoms with van der Waals surface area (Å²) in [6.07, 6.45) is 2.00. The summed E-state index contributed by atoms with van der Waals surface area (Å²) in [4.78, 5) is 0. The summed E-state index contributed by atoms with van der Waals surface area (Å²) in [5.74, 6) is 1.74. The number of hydrogen-bond donors (Lipinski definition) is 0. The maximum Gasteiger partial charge on any atom is 0.125 e. The lowest BCUT2D eigenvalue weighted by Crippen LogP contribution is -2.00. The molecule has 0 heterocycles. The average molecular weight is 227 g/mol. The van der Waals surface area contributed by atoms with Gasteiger partial charge in [0.05, 0.1) is 7.11 Å². The van der Waals surface area contributed by atoms with Crippen molar-refractivity contribution in [3.8, 4) is 5.75 Å². The molecule has 0 aromatic heterocycles. The second kappa shape index (κ2) is 5.41. The van der Waals surface area contributed by atoms with Gasteiger partial charge < -0.3 is 4.74 Å². The van der Waals surface area contributed by atoms with E-state index in [9.17, 15) is 0 Å². The SMILES string of the molecule is COc1c(C)c(C)cc(C)c1CCCCl. The Kier molecular flexibility index (Phi) is 4.46. The molecule has 0 aliphatic carbocycles. The second-order valence-corrected chi connectivity index (χ2v) is 4.32. The smallest absolute Gasteiger partial charge is 0.125 e. The molecular weight excluding hydrogens is 208 g/mol. The Labute approximate surface area is 97.4 Å². The highest BCUT2D eigenvalue weighted by Gasteiger charge is 2.11. The lowest BCUT2D eigenvalue weighted by Gasteiger charge is -2.16. The Balaban J connectivity index is 3.16. The Morgan fingerprint density at radius 1 is 1.20 bits per heavy atom. The molecule has 0 bridgehead atoms. The van der Waals surface area contributed by atoms with Crippen LogP contribution in [-0.4, -0.2) is 13.0 Å². The van der Waals surface area contributed by atoms with Crippen LogP contribution in [0.4, 0.5) is 0 Å². The number of hydrogen-bond acceptors (Lipinski definition) is 1. The van der Waals surface area contributed by atoms with Gasteiger partial charge in [-0.1, -0.05) is 6.07 Å². The van der Waals surface area contributed by atoms with Gasteiger partial charge in [0.15, 0.2) is 0 Å². The van der Waals surface area contributed by atoms with Gasteiger partial charge in [0.1, 0.15) is 5.75 Å². The van der Waals surface area contributed by atoms with Crippen LogP contribution in [0, 0.1) is 20.8 Å². The van der Waals surface area contributed by atoms with Gasteiger partial charge in [0.2, 0.25) is 0 Å². The first-order valence-electron chi connectivity index (χ1n) is 5.31. The minimum Gasteiger partial charge on any atom is -0.496 e. The molecular formula is C13H19ClO. The first-order valence-corrected chi connectivity index (χ1v) is 5.85. The minimum atomic E-state index is 0.704. The third-order valence-corrected chi connectivity index (χ3v) is 3.15. The van der Waals surface area contributed by atoms with Crippen molar-refractivity contribution in [3.63, 3.8) is 0 Å². The van der Waals surface area contributed by atoms with Crippen LogP contribution in [0.25, 0.3) is 0 Å². The molecule has 1 rings (SSSR count). The third kappa shape index (κ3) is 2.66. The van der Waals surface area contributed by atoms with E-state index in [0.717, 1.165) is 18.6 Å². The van der Waals surface area contributed by atoms with Gasteiger partial charge in [-0.15, -0.1) is 11.6 Å². The Morgan fingerprint density at radius 3 is 2.40 bits per heavy atom. The quantitative estimate of drug-likeness (QED) is 0.710. The van der Waals surface area contributed by atoms with Crippen LogP contribution in [0.15, 0.2) is 6.07 Å². The van der Waals surface area contributed by atoms with Crippen molar-refractivity contribution < 1.29 is 4.74 Å². The van der Waals surface area contributed by atoms with Crippen LogP contribution in [0.1, 0.15) is 28.7 Å². The van der Waals surface area contributed by atoms with Gasteiger partial charge in [-0.2, -0.15) is 0 Å². The highest BCUT2D eigenvalue weighted by Crippen LogP contribution is 2.30. The topological polar surface area (TPSA) is 9.23 Å². The van der Waals surface area contributed by atoms with Gasteiger partial charge in [-0.25, -0.2) is 0 Å². The monoisotopic (exact) mass is 226 g/mol. The van der Waals surface area contributed by atoms with E-state index in [1.54, 1.807) is 7.11 Å². The highest BCUT2D eigenvalue weighted by atomic mass is 35.5. The Morgan fingerprint density at radius 2 is 1.87 bits per heavy atom. The molecule has 1 aromatic carbocycles. The van der Waals surface area contributed by atoms with Crippen molar-refractivity contribution in [2.45, 2.75) is 33.6 Å². The van der Waals surface area contributed by atoms with E-state index in [-0.39, 0.29) is 0 Å². The van der Waals surface area contributed by atoms with Crippen molar-refractivity contribution >= 4 is 11.6 Å². The highest BCUT2D eigenvalue weighted by molar-refractivity contribution is 6.17. The predicted molar refractivity (Wildman–Crippen MR) is 66.2 cm³/mol. The van der Waals surface area contributed by atoms with Gasteiger partial charge in [-0.3, -0.25) is 0 Å². The molecule has 0 N–H and O–H groups in total. The van der Waals surface area contributed by atoms with E-state index < -0.39 is 0 Å². The van der Waals surface area contributed by atoms with Crippen molar-refractivity contribution in [2.24, 2.45) is 0 Å². The molecule has 1 nitrogen and oxygen atoms in total. The molecule has 0 atom stereocenters. The zero-order valence-electron chi connectivity index (χ0n) is 9.98. The molecule has 15 heavy (non-hydrogen) atoms. The normalized spacial score (nSPS) is 10.5. The lowest BCUT2D eigenvalue weighted by molar-refractivity contribution is 0.405. The van der Waals surface area contributed by atoms with E-state index in [1.165, 1.54) is 22.3 Å². The Hall–Kier alpha value is -0.690. The number of halogens is 1. The average Bonchev–Trinajstić information content (AvgIpc) is 2.21.